The zero-order valence-corrected chi connectivity index (χ0v) is 20.9. The second-order valence-corrected chi connectivity index (χ2v) is 10.8. The van der Waals surface area contributed by atoms with Crippen molar-refractivity contribution in [2.75, 3.05) is 18.4 Å². The lowest BCUT2D eigenvalue weighted by molar-refractivity contribution is -0.128. The average Bonchev–Trinajstić information content (AvgIpc) is 3.67. The van der Waals surface area contributed by atoms with E-state index in [1.165, 1.54) is 17.4 Å². The number of carbonyl (C=O) groups excluding carboxylic acids is 2. The van der Waals surface area contributed by atoms with Crippen LogP contribution in [0.1, 0.15) is 35.0 Å². The molecule has 3 atom stereocenters. The van der Waals surface area contributed by atoms with Crippen LogP contribution >= 0.6 is 11.3 Å². The van der Waals surface area contributed by atoms with E-state index in [0.29, 0.717) is 22.7 Å². The molecule has 4 aromatic rings. The molecule has 0 spiro atoms. The highest BCUT2D eigenvalue weighted by Crippen LogP contribution is 2.46. The second kappa shape index (κ2) is 9.05. The van der Waals surface area contributed by atoms with Gasteiger partial charge in [-0.05, 0) is 67.5 Å². The van der Waals surface area contributed by atoms with Gasteiger partial charge in [0.25, 0.3) is 5.91 Å². The fraction of sp³-hybridized carbons (Fsp3) is 0.333. The molecular formula is C27H28N6O2S. The average molecular weight is 501 g/mol. The number of aryl methyl sites for hydroxylation is 1. The van der Waals surface area contributed by atoms with Crippen LogP contribution in [-0.2, 0) is 11.8 Å². The molecule has 2 amide bonds. The van der Waals surface area contributed by atoms with Gasteiger partial charge < -0.3 is 9.47 Å². The highest BCUT2D eigenvalue weighted by Gasteiger charge is 2.40. The van der Waals surface area contributed by atoms with Gasteiger partial charge in [-0.15, -0.1) is 11.3 Å². The van der Waals surface area contributed by atoms with Crippen LogP contribution in [0.15, 0.2) is 61.3 Å². The van der Waals surface area contributed by atoms with E-state index in [-0.39, 0.29) is 17.9 Å². The lowest BCUT2D eigenvalue weighted by Crippen LogP contribution is -2.41. The number of thiophene rings is 1. The summed E-state index contributed by atoms with van der Waals surface area (Å²) in [7, 11) is 1.89. The number of imidazole rings is 1. The van der Waals surface area contributed by atoms with Gasteiger partial charge in [-0.25, -0.2) is 4.98 Å². The monoisotopic (exact) mass is 500 g/mol. The molecule has 6 rings (SSSR count). The smallest absolute Gasteiger partial charge is 0.268 e. The molecule has 184 valence electrons. The molecule has 8 nitrogen and oxygen atoms in total. The third kappa shape index (κ3) is 3.93. The van der Waals surface area contributed by atoms with Gasteiger partial charge in [0.1, 0.15) is 0 Å². The molecule has 1 N–H and O–H groups in total. The minimum Gasteiger partial charge on any atom is -0.339 e. The molecular weight excluding hydrogens is 472 g/mol. The molecule has 1 aliphatic heterocycles. The first-order valence-electron chi connectivity index (χ1n) is 12.3. The van der Waals surface area contributed by atoms with E-state index >= 15 is 0 Å². The summed E-state index contributed by atoms with van der Waals surface area (Å²) in [5.74, 6) is 1.44. The van der Waals surface area contributed by atoms with Crippen LogP contribution in [0.2, 0.25) is 0 Å². The minimum absolute atomic E-state index is 0.0133. The van der Waals surface area contributed by atoms with Crippen molar-refractivity contribution in [3.05, 3.63) is 66.2 Å². The fourth-order valence-electron chi connectivity index (χ4n) is 5.87. The lowest BCUT2D eigenvalue weighted by atomic mass is 9.89. The number of nitrogens with zero attached hydrogens (tertiary/aromatic N) is 5. The van der Waals surface area contributed by atoms with E-state index in [1.807, 2.05) is 48.3 Å². The van der Waals surface area contributed by atoms with Crippen LogP contribution in [-0.4, -0.2) is 49.1 Å². The first kappa shape index (κ1) is 22.7. The van der Waals surface area contributed by atoms with Gasteiger partial charge in [0.05, 0.1) is 26.5 Å². The number of carbonyl (C=O) groups is 2. The molecule has 4 heterocycles. The Balaban J connectivity index is 1.27. The van der Waals surface area contributed by atoms with Gasteiger partial charge in [-0.3, -0.25) is 19.6 Å². The zero-order chi connectivity index (χ0) is 24.8. The molecule has 2 aliphatic rings. The summed E-state index contributed by atoms with van der Waals surface area (Å²) in [6.07, 6.45) is 6.14. The van der Waals surface area contributed by atoms with Crippen molar-refractivity contribution in [1.82, 2.24) is 24.2 Å². The lowest BCUT2D eigenvalue weighted by Gasteiger charge is -2.34. The summed E-state index contributed by atoms with van der Waals surface area (Å²) >= 11 is 1.44. The number of likely N-dealkylation sites (tertiary alicyclic amines) is 1. The number of amides is 2. The number of hydrogen-bond acceptors (Lipinski definition) is 5. The molecule has 2 fully saturated rings. The molecule has 1 saturated heterocycles. The van der Waals surface area contributed by atoms with Crippen LogP contribution in [0, 0.1) is 11.8 Å². The molecule has 0 bridgehead atoms. The largest absolute Gasteiger partial charge is 0.339 e. The van der Waals surface area contributed by atoms with Crippen LogP contribution in [0.5, 0.6) is 0 Å². The van der Waals surface area contributed by atoms with E-state index in [1.54, 1.807) is 10.9 Å². The van der Waals surface area contributed by atoms with Crippen LogP contribution in [0.25, 0.3) is 21.6 Å². The quantitative estimate of drug-likeness (QED) is 0.401. The summed E-state index contributed by atoms with van der Waals surface area (Å²) in [5, 5.41) is 7.33. The van der Waals surface area contributed by atoms with Crippen LogP contribution < -0.4 is 5.32 Å². The number of rotatable bonds is 5. The minimum atomic E-state index is -0.164. The van der Waals surface area contributed by atoms with Crippen molar-refractivity contribution in [3.8, 4) is 10.6 Å². The predicted octanol–water partition coefficient (Wildman–Crippen LogP) is 4.74. The van der Waals surface area contributed by atoms with Crippen molar-refractivity contribution in [3.63, 3.8) is 0 Å². The third-order valence-electron chi connectivity index (χ3n) is 7.62. The number of fused-ring (bicyclic) bond motifs is 2. The topological polar surface area (TPSA) is 85.0 Å². The van der Waals surface area contributed by atoms with E-state index in [9.17, 15) is 9.59 Å². The molecule has 9 heteroatoms. The van der Waals surface area contributed by atoms with E-state index in [0.717, 1.165) is 54.0 Å². The van der Waals surface area contributed by atoms with Crippen molar-refractivity contribution in [1.29, 1.82) is 0 Å². The number of nitrogens with one attached hydrogen (secondary N) is 1. The maximum Gasteiger partial charge on any atom is 0.268 e. The van der Waals surface area contributed by atoms with Crippen molar-refractivity contribution < 1.29 is 9.59 Å². The summed E-state index contributed by atoms with van der Waals surface area (Å²) in [6, 6.07) is 14.0. The Morgan fingerprint density at radius 2 is 1.97 bits per heavy atom. The highest BCUT2D eigenvalue weighted by molar-refractivity contribution is 7.17. The maximum atomic E-state index is 13.3. The second-order valence-electron chi connectivity index (χ2n) is 9.67. The third-order valence-corrected chi connectivity index (χ3v) is 8.72. The van der Waals surface area contributed by atoms with Gasteiger partial charge in [0, 0.05) is 32.4 Å². The fourth-order valence-corrected chi connectivity index (χ4v) is 6.83. The summed E-state index contributed by atoms with van der Waals surface area (Å²) in [4.78, 5) is 33.8. The van der Waals surface area contributed by atoms with Gasteiger partial charge in [-0.2, -0.15) is 5.10 Å². The summed E-state index contributed by atoms with van der Waals surface area (Å²) in [5.41, 5.74) is 2.87. The molecule has 1 aromatic carbocycles. The Hall–Kier alpha value is -3.72. The Morgan fingerprint density at radius 3 is 2.78 bits per heavy atom. The van der Waals surface area contributed by atoms with E-state index in [2.05, 4.69) is 27.6 Å². The molecule has 0 radical (unpaired) electrons. The summed E-state index contributed by atoms with van der Waals surface area (Å²) < 4.78 is 4.01. The molecule has 1 aliphatic carbocycles. The SMILES string of the molecule is C=CC(=O)N1CCC2C[C@H](n3c(NC(=O)c4ccc(-c5ccnn5C)s4)nc4ccccc43)C[C@@H]2C1. The number of piperidine rings is 1. The Labute approximate surface area is 213 Å². The molecule has 1 saturated carbocycles. The number of hydrogen-bond donors (Lipinski definition) is 1. The first-order chi connectivity index (χ1) is 17.5. The Kier molecular flexibility index (Phi) is 5.72. The summed E-state index contributed by atoms with van der Waals surface area (Å²) in [6.45, 7) is 5.20. The van der Waals surface area contributed by atoms with Gasteiger partial charge in [0.15, 0.2) is 0 Å². The number of para-hydroxylation sites is 2. The predicted molar refractivity (Wildman–Crippen MR) is 141 cm³/mol. The maximum absolute atomic E-state index is 13.3. The number of benzene rings is 1. The molecule has 3 aromatic heterocycles. The van der Waals surface area contributed by atoms with Crippen LogP contribution in [0.3, 0.4) is 0 Å². The normalized spacial score (nSPS) is 21.5. The Bertz CT molecular complexity index is 1470. The van der Waals surface area contributed by atoms with Gasteiger partial charge >= 0.3 is 0 Å². The first-order valence-corrected chi connectivity index (χ1v) is 13.1. The Morgan fingerprint density at radius 1 is 1.14 bits per heavy atom. The number of anilines is 1. The van der Waals surface area contributed by atoms with Gasteiger partial charge in [0.2, 0.25) is 11.9 Å². The van der Waals surface area contributed by atoms with E-state index in [4.69, 9.17) is 4.98 Å². The van der Waals surface area contributed by atoms with E-state index < -0.39 is 0 Å². The zero-order valence-electron chi connectivity index (χ0n) is 20.1. The van der Waals surface area contributed by atoms with Gasteiger partial charge in [-0.1, -0.05) is 18.7 Å². The molecule has 36 heavy (non-hydrogen) atoms. The highest BCUT2D eigenvalue weighted by atomic mass is 32.1. The van der Waals surface area contributed by atoms with Crippen molar-refractivity contribution in [2.24, 2.45) is 18.9 Å². The van der Waals surface area contributed by atoms with Crippen LogP contribution in [0.4, 0.5) is 5.95 Å². The standard InChI is InChI=1S/C27H28N6O2S/c1-3-25(34)32-13-11-17-14-19(15-18(17)16-32)33-21-7-5-4-6-20(21)29-27(33)30-26(35)24-9-8-23(36-24)22-10-12-28-31(22)2/h3-10,12,17-19H,1,11,13-16H2,2H3,(H,29,30,35)/t17?,18-,19+/m1/s1. The van der Waals surface area contributed by atoms with Crippen molar-refractivity contribution in [2.45, 2.75) is 25.3 Å². The van der Waals surface area contributed by atoms with Crippen molar-refractivity contribution >= 4 is 40.1 Å². The number of aromatic nitrogens is 4. The molecule has 1 unspecified atom stereocenters.